The molecule has 13 heteroatoms. The van der Waals surface area contributed by atoms with Gasteiger partial charge in [-0.05, 0) is 89.3 Å². The van der Waals surface area contributed by atoms with Crippen molar-refractivity contribution >= 4 is 34.1 Å². The number of alkyl halides is 2. The molecular weight excluding hydrogens is 657 g/mol. The monoisotopic (exact) mass is 700 g/mol. The summed E-state index contributed by atoms with van der Waals surface area (Å²) in [6.45, 7) is 8.40. The Labute approximate surface area is 295 Å². The van der Waals surface area contributed by atoms with Crippen LogP contribution in [0.15, 0.2) is 49.1 Å². The number of benzene rings is 1. The van der Waals surface area contributed by atoms with Crippen LogP contribution in [-0.4, -0.2) is 99.2 Å². The third-order valence-corrected chi connectivity index (χ3v) is 12.2. The first kappa shape index (κ1) is 32.8. The third kappa shape index (κ3) is 5.42. The predicted octanol–water partition coefficient (Wildman–Crippen LogP) is 6.15. The lowest BCUT2D eigenvalue weighted by molar-refractivity contribution is -0.128. The van der Waals surface area contributed by atoms with E-state index in [-0.39, 0.29) is 29.7 Å². The highest BCUT2D eigenvalue weighted by Gasteiger charge is 2.56. The van der Waals surface area contributed by atoms with Gasteiger partial charge in [0.1, 0.15) is 5.52 Å². The number of carbonyl (C=O) groups is 1. The molecule has 1 saturated carbocycles. The average molecular weight is 701 g/mol. The maximum absolute atomic E-state index is 14.8. The van der Waals surface area contributed by atoms with E-state index >= 15 is 0 Å². The number of pyridine rings is 2. The van der Waals surface area contributed by atoms with Gasteiger partial charge in [0.05, 0.1) is 54.1 Å². The van der Waals surface area contributed by atoms with E-state index in [2.05, 4.69) is 46.1 Å². The van der Waals surface area contributed by atoms with Crippen molar-refractivity contribution in [3.8, 4) is 11.3 Å². The molecule has 1 amide bonds. The number of likely N-dealkylation sites (tertiary alicyclic amines) is 2. The fourth-order valence-electron chi connectivity index (χ4n) is 9.01. The Morgan fingerprint density at radius 1 is 1.00 bits per heavy atom. The number of piperidine rings is 1. The molecular formula is C38H43F3N8O2. The smallest absolute Gasteiger partial charge is 0.242 e. The van der Waals surface area contributed by atoms with Crippen LogP contribution in [0.2, 0.25) is 0 Å². The van der Waals surface area contributed by atoms with Crippen molar-refractivity contribution in [1.29, 1.82) is 0 Å². The first-order valence-electron chi connectivity index (χ1n) is 18.3. The highest BCUT2D eigenvalue weighted by atomic mass is 19.3. The molecule has 4 aromatic rings. The topological polar surface area (TPSA) is 91.7 Å². The largest absolute Gasteiger partial charge is 0.378 e. The number of hydrogen-bond donors (Lipinski definition) is 1. The van der Waals surface area contributed by atoms with Crippen LogP contribution in [0.5, 0.6) is 0 Å². The number of amides is 1. The molecule has 0 radical (unpaired) electrons. The van der Waals surface area contributed by atoms with Crippen molar-refractivity contribution in [1.82, 2.24) is 29.3 Å². The van der Waals surface area contributed by atoms with Crippen LogP contribution in [0.4, 0.5) is 30.4 Å². The van der Waals surface area contributed by atoms with E-state index in [0.717, 1.165) is 79.8 Å². The summed E-state index contributed by atoms with van der Waals surface area (Å²) in [4.78, 5) is 35.1. The predicted molar refractivity (Wildman–Crippen MR) is 188 cm³/mol. The van der Waals surface area contributed by atoms with Crippen LogP contribution in [0.25, 0.3) is 22.3 Å². The summed E-state index contributed by atoms with van der Waals surface area (Å²) in [7, 11) is 0. The zero-order chi connectivity index (χ0) is 35.0. The maximum Gasteiger partial charge on any atom is 0.242 e. The molecule has 3 aromatic heterocycles. The van der Waals surface area contributed by atoms with Crippen molar-refractivity contribution in [2.24, 2.45) is 5.92 Å². The summed E-state index contributed by atoms with van der Waals surface area (Å²) < 4.78 is 49.2. The van der Waals surface area contributed by atoms with Crippen LogP contribution in [0.3, 0.4) is 0 Å². The number of carbonyl (C=O) groups excluding carboxylic acids is 1. The molecule has 4 fully saturated rings. The minimum absolute atomic E-state index is 0.00334. The van der Waals surface area contributed by atoms with Crippen LogP contribution in [0.1, 0.15) is 57.6 Å². The van der Waals surface area contributed by atoms with E-state index < -0.39 is 23.6 Å². The quantitative estimate of drug-likeness (QED) is 0.234. The number of ether oxygens (including phenoxy) is 1. The van der Waals surface area contributed by atoms with Crippen LogP contribution in [0, 0.1) is 11.7 Å². The van der Waals surface area contributed by atoms with Gasteiger partial charge in [-0.3, -0.25) is 19.6 Å². The summed E-state index contributed by atoms with van der Waals surface area (Å²) in [5.74, 6) is -0.421. The number of nitrogens with one attached hydrogen (secondary N) is 1. The maximum atomic E-state index is 14.8. The van der Waals surface area contributed by atoms with Gasteiger partial charge in [0.15, 0.2) is 11.6 Å². The van der Waals surface area contributed by atoms with E-state index in [9.17, 15) is 18.0 Å². The van der Waals surface area contributed by atoms with Crippen molar-refractivity contribution in [2.45, 2.75) is 82.0 Å². The molecule has 4 aliphatic heterocycles. The van der Waals surface area contributed by atoms with E-state index in [1.807, 2.05) is 21.6 Å². The van der Waals surface area contributed by atoms with Gasteiger partial charge in [0, 0.05) is 48.0 Å². The number of nitrogens with zero attached hydrogens (tertiary/aromatic N) is 7. The molecule has 5 aliphatic rings. The number of fused-ring (bicyclic) bond motifs is 3. The van der Waals surface area contributed by atoms with Gasteiger partial charge in [-0.1, -0.05) is 12.1 Å². The Morgan fingerprint density at radius 3 is 2.49 bits per heavy atom. The van der Waals surface area contributed by atoms with E-state index in [1.165, 1.54) is 12.4 Å². The van der Waals surface area contributed by atoms with Gasteiger partial charge < -0.3 is 19.5 Å². The number of aromatic nitrogens is 4. The van der Waals surface area contributed by atoms with Gasteiger partial charge in [0.25, 0.3) is 0 Å². The molecule has 268 valence electrons. The first-order chi connectivity index (χ1) is 24.7. The fourth-order valence-corrected chi connectivity index (χ4v) is 9.01. The lowest BCUT2D eigenvalue weighted by Gasteiger charge is -2.47. The molecule has 1 spiro atoms. The van der Waals surface area contributed by atoms with Gasteiger partial charge >= 0.3 is 0 Å². The van der Waals surface area contributed by atoms with Gasteiger partial charge in [0.2, 0.25) is 12.3 Å². The number of hydrogen-bond acceptors (Lipinski definition) is 8. The summed E-state index contributed by atoms with van der Waals surface area (Å²) in [5, 5.41) is 3.21. The van der Waals surface area contributed by atoms with Gasteiger partial charge in [-0.15, -0.1) is 0 Å². The molecule has 1 unspecified atom stereocenters. The third-order valence-electron chi connectivity index (χ3n) is 12.2. The van der Waals surface area contributed by atoms with E-state index in [4.69, 9.17) is 14.7 Å². The summed E-state index contributed by atoms with van der Waals surface area (Å²) in [5.41, 5.74) is 4.61. The zero-order valence-electron chi connectivity index (χ0n) is 28.9. The van der Waals surface area contributed by atoms with Crippen molar-refractivity contribution < 1.29 is 22.7 Å². The molecule has 9 rings (SSSR count). The minimum atomic E-state index is -2.29. The summed E-state index contributed by atoms with van der Waals surface area (Å²) in [6, 6.07) is 10.5. The Morgan fingerprint density at radius 2 is 1.80 bits per heavy atom. The highest BCUT2D eigenvalue weighted by Crippen LogP contribution is 2.52. The van der Waals surface area contributed by atoms with Gasteiger partial charge in [-0.2, -0.15) is 0 Å². The average Bonchev–Trinajstić information content (AvgIpc) is 3.79. The molecule has 3 saturated heterocycles. The highest BCUT2D eigenvalue weighted by molar-refractivity contribution is 6.09. The Kier molecular flexibility index (Phi) is 8.08. The van der Waals surface area contributed by atoms with Crippen LogP contribution < -0.4 is 10.2 Å². The van der Waals surface area contributed by atoms with E-state index in [1.54, 1.807) is 12.4 Å². The second kappa shape index (κ2) is 12.6. The second-order valence-electron chi connectivity index (χ2n) is 15.3. The Balaban J connectivity index is 1.08. The standard InChI is InChI=1S/C38H43F3N8O2/c1-22(2)48-21-43-32-16-31(45-36(34(32)48)44-30-5-9-42-17-29(30)39)23-3-4-28-33(13-23)49(26-14-25(15-26)47-10-6-24(18-47)35(40)41)37(50)38(28)7-11-46(12-8-38)27-19-51-20-27/h3-5,9,13,16-17,21-22,24-27,35H,6-8,10-12,14-15,18-20H2,1-2H3,(H,42,44,45). The molecule has 1 aliphatic carbocycles. The number of anilines is 3. The van der Waals surface area contributed by atoms with Gasteiger partial charge in [-0.25, -0.2) is 23.1 Å². The number of imidazole rings is 1. The zero-order valence-corrected chi connectivity index (χ0v) is 28.9. The normalized spacial score (nSPS) is 25.3. The number of rotatable bonds is 8. The van der Waals surface area contributed by atoms with Crippen molar-refractivity contribution in [3.63, 3.8) is 0 Å². The SMILES string of the molecule is CC(C)n1cnc2cc(-c3ccc4c(c3)N(C3CC(N5CCC(C(F)F)C5)C3)C(=O)C43CCN(C4COC4)CC3)nc(Nc3ccncc3F)c21. The van der Waals surface area contributed by atoms with Crippen molar-refractivity contribution in [3.05, 3.63) is 60.4 Å². The Hall–Kier alpha value is -4.07. The minimum Gasteiger partial charge on any atom is -0.378 e. The second-order valence-corrected chi connectivity index (χ2v) is 15.3. The van der Waals surface area contributed by atoms with E-state index in [0.29, 0.717) is 37.1 Å². The lowest BCUT2D eigenvalue weighted by Crippen LogP contribution is -2.59. The molecule has 1 atom stereocenters. The van der Waals surface area contributed by atoms with Crippen molar-refractivity contribution in [2.75, 3.05) is 49.6 Å². The van der Waals surface area contributed by atoms with Crippen LogP contribution >= 0.6 is 0 Å². The molecule has 0 bridgehead atoms. The number of halogens is 3. The van der Waals surface area contributed by atoms with Crippen LogP contribution in [-0.2, 0) is 14.9 Å². The molecule has 10 nitrogen and oxygen atoms in total. The summed E-state index contributed by atoms with van der Waals surface area (Å²) >= 11 is 0. The Bertz CT molecular complexity index is 1970. The molecule has 1 aromatic carbocycles. The fraction of sp³-hybridized carbons (Fsp3) is 0.526. The molecule has 7 heterocycles. The molecule has 51 heavy (non-hydrogen) atoms. The lowest BCUT2D eigenvalue weighted by atomic mass is 9.73. The summed E-state index contributed by atoms with van der Waals surface area (Å²) in [6.07, 6.45) is 5.74. The molecule has 1 N–H and O–H groups in total. The first-order valence-corrected chi connectivity index (χ1v) is 18.3.